The lowest BCUT2D eigenvalue weighted by Crippen LogP contribution is -2.09. The second-order valence-electron chi connectivity index (χ2n) is 8.22. The van der Waals surface area contributed by atoms with Crippen LogP contribution in [-0.2, 0) is 9.53 Å². The Morgan fingerprint density at radius 1 is 0.966 bits per heavy atom. The van der Waals surface area contributed by atoms with Gasteiger partial charge in [0.1, 0.15) is 0 Å². The first-order valence-electron chi connectivity index (χ1n) is 11.7. The van der Waals surface area contributed by atoms with Gasteiger partial charge in [0.2, 0.25) is 0 Å². The molecule has 0 unspecified atom stereocenters. The molecule has 0 saturated heterocycles. The average molecular weight is 415 g/mol. The maximum Gasteiger partial charge on any atom is 0.305 e. The number of carbonyl (C=O) groups is 1. The van der Waals surface area contributed by atoms with E-state index in [1.165, 1.54) is 38.5 Å². The quantitative estimate of drug-likeness (QED) is 0.186. The molecule has 1 atom stereocenters. The second-order valence-corrected chi connectivity index (χ2v) is 8.22. The van der Waals surface area contributed by atoms with Crippen LogP contribution >= 0.6 is 0 Å². The summed E-state index contributed by atoms with van der Waals surface area (Å²) in [5.74, 6) is -0.0929. The van der Waals surface area contributed by atoms with Crippen molar-refractivity contribution in [1.29, 1.82) is 0 Å². The second kappa shape index (κ2) is 25.1. The molecule has 0 aliphatic carbocycles. The third kappa shape index (κ3) is 32.0. The number of nitrogens with zero attached hydrogens (tertiary/aromatic N) is 1. The summed E-state index contributed by atoms with van der Waals surface area (Å²) in [7, 11) is 6.00. The highest BCUT2D eigenvalue weighted by Gasteiger charge is 2.02. The van der Waals surface area contributed by atoms with E-state index in [2.05, 4.69) is 19.1 Å². The number of aliphatic hydroxyl groups excluding tert-OH is 1. The minimum Gasteiger partial charge on any atom is -0.466 e. The predicted molar refractivity (Wildman–Crippen MR) is 125 cm³/mol. The summed E-state index contributed by atoms with van der Waals surface area (Å²) < 4.78 is 5.06. The fraction of sp³-hybridized carbons (Fsp3) is 0.875. The first-order valence-corrected chi connectivity index (χ1v) is 11.7. The minimum absolute atomic E-state index is 0.0929. The SMILES string of the molecule is CCCCCC[C@@H](O)C/C=C\CCCCCCCC(=O)OCCCN.CN(C)C. The lowest BCUT2D eigenvalue weighted by molar-refractivity contribution is -0.143. The normalized spacial score (nSPS) is 12.1. The molecule has 0 aromatic rings. The van der Waals surface area contributed by atoms with Crippen LogP contribution in [0.5, 0.6) is 0 Å². The lowest BCUT2D eigenvalue weighted by Gasteiger charge is -2.07. The molecular weight excluding hydrogens is 364 g/mol. The number of hydrogen-bond donors (Lipinski definition) is 2. The van der Waals surface area contributed by atoms with Gasteiger partial charge in [-0.1, -0.05) is 64.0 Å². The van der Waals surface area contributed by atoms with E-state index in [-0.39, 0.29) is 12.1 Å². The lowest BCUT2D eigenvalue weighted by atomic mass is 10.1. The van der Waals surface area contributed by atoms with Crippen LogP contribution in [0.1, 0.15) is 96.8 Å². The van der Waals surface area contributed by atoms with E-state index < -0.39 is 0 Å². The first-order chi connectivity index (χ1) is 13.9. The number of allylic oxidation sites excluding steroid dienone is 1. The molecule has 0 amide bonds. The summed E-state index contributed by atoms with van der Waals surface area (Å²) in [6, 6.07) is 0. The zero-order valence-electron chi connectivity index (χ0n) is 19.8. The van der Waals surface area contributed by atoms with Crippen molar-refractivity contribution in [2.75, 3.05) is 34.3 Å². The Morgan fingerprint density at radius 3 is 2.24 bits per heavy atom. The molecule has 0 aliphatic rings. The Labute approximate surface area is 181 Å². The Balaban J connectivity index is 0. The molecule has 0 bridgehead atoms. The van der Waals surface area contributed by atoms with Gasteiger partial charge in [-0.25, -0.2) is 0 Å². The van der Waals surface area contributed by atoms with Gasteiger partial charge in [0, 0.05) is 6.42 Å². The largest absolute Gasteiger partial charge is 0.466 e. The van der Waals surface area contributed by atoms with Crippen molar-refractivity contribution in [2.24, 2.45) is 5.73 Å². The van der Waals surface area contributed by atoms with Crippen LogP contribution in [0.15, 0.2) is 12.2 Å². The molecule has 0 rings (SSSR count). The maximum absolute atomic E-state index is 11.4. The van der Waals surface area contributed by atoms with Crippen molar-refractivity contribution in [1.82, 2.24) is 4.90 Å². The number of nitrogens with two attached hydrogens (primary N) is 1. The summed E-state index contributed by atoms with van der Waals surface area (Å²) in [6.07, 6.45) is 18.7. The van der Waals surface area contributed by atoms with Gasteiger partial charge in [-0.3, -0.25) is 4.79 Å². The van der Waals surface area contributed by atoms with E-state index in [0.29, 0.717) is 19.6 Å². The molecule has 0 radical (unpaired) electrons. The van der Waals surface area contributed by atoms with Gasteiger partial charge in [-0.2, -0.15) is 0 Å². The topological polar surface area (TPSA) is 75.8 Å². The molecule has 29 heavy (non-hydrogen) atoms. The number of carbonyl (C=O) groups excluding carboxylic acids is 1. The van der Waals surface area contributed by atoms with Gasteiger partial charge in [0.15, 0.2) is 0 Å². The van der Waals surface area contributed by atoms with Gasteiger partial charge < -0.3 is 20.5 Å². The van der Waals surface area contributed by atoms with Gasteiger partial charge in [0.05, 0.1) is 12.7 Å². The molecule has 0 aromatic heterocycles. The van der Waals surface area contributed by atoms with Crippen LogP contribution in [-0.4, -0.2) is 56.4 Å². The molecule has 0 spiro atoms. The van der Waals surface area contributed by atoms with Gasteiger partial charge >= 0.3 is 5.97 Å². The van der Waals surface area contributed by atoms with Crippen molar-refractivity contribution in [3.8, 4) is 0 Å². The van der Waals surface area contributed by atoms with Crippen LogP contribution in [0.3, 0.4) is 0 Å². The third-order valence-electron chi connectivity index (χ3n) is 4.33. The highest BCUT2D eigenvalue weighted by atomic mass is 16.5. The zero-order valence-corrected chi connectivity index (χ0v) is 19.8. The minimum atomic E-state index is -0.169. The van der Waals surface area contributed by atoms with Gasteiger partial charge in [-0.05, 0) is 66.2 Å². The summed E-state index contributed by atoms with van der Waals surface area (Å²) in [5, 5.41) is 9.87. The average Bonchev–Trinajstić information content (AvgIpc) is 2.66. The Kier molecular flexibility index (Phi) is 26.2. The molecule has 3 N–H and O–H groups in total. The number of esters is 1. The molecule has 174 valence electrons. The van der Waals surface area contributed by atoms with E-state index in [0.717, 1.165) is 44.9 Å². The number of unbranched alkanes of at least 4 members (excludes halogenated alkanes) is 8. The number of hydrogen-bond acceptors (Lipinski definition) is 5. The zero-order chi connectivity index (χ0) is 22.2. The van der Waals surface area contributed by atoms with Crippen LogP contribution in [0.25, 0.3) is 0 Å². The van der Waals surface area contributed by atoms with E-state index in [1.54, 1.807) is 0 Å². The summed E-state index contributed by atoms with van der Waals surface area (Å²) in [4.78, 5) is 13.4. The van der Waals surface area contributed by atoms with Crippen molar-refractivity contribution in [3.63, 3.8) is 0 Å². The van der Waals surface area contributed by atoms with Crippen molar-refractivity contribution in [2.45, 2.75) is 103 Å². The molecule has 0 aromatic carbocycles. The smallest absolute Gasteiger partial charge is 0.305 e. The highest BCUT2D eigenvalue weighted by Crippen LogP contribution is 2.10. The van der Waals surface area contributed by atoms with Crippen molar-refractivity contribution in [3.05, 3.63) is 12.2 Å². The van der Waals surface area contributed by atoms with Crippen LogP contribution in [0, 0.1) is 0 Å². The molecular formula is C24H50N2O3. The highest BCUT2D eigenvalue weighted by molar-refractivity contribution is 5.69. The number of aliphatic hydroxyl groups is 1. The fourth-order valence-corrected chi connectivity index (χ4v) is 2.70. The number of ether oxygens (including phenoxy) is 1. The molecule has 0 aliphatic heterocycles. The standard InChI is InChI=1S/C21H41NO3.C3H9N/c1-2-3-4-11-15-20(23)16-12-9-7-5-6-8-10-13-17-21(24)25-19-14-18-22;1-4(2)3/h9,12,20,23H,2-8,10-11,13-19,22H2,1H3;1-3H3/b12-9-;/t20-;/m1./s1. The Bertz CT molecular complexity index is 357. The molecule has 0 heterocycles. The molecule has 0 fully saturated rings. The van der Waals surface area contributed by atoms with Crippen molar-refractivity contribution >= 4 is 5.97 Å². The third-order valence-corrected chi connectivity index (χ3v) is 4.33. The van der Waals surface area contributed by atoms with Crippen LogP contribution in [0.4, 0.5) is 0 Å². The van der Waals surface area contributed by atoms with Crippen LogP contribution in [0.2, 0.25) is 0 Å². The van der Waals surface area contributed by atoms with Crippen LogP contribution < -0.4 is 5.73 Å². The van der Waals surface area contributed by atoms with Gasteiger partial charge in [0.25, 0.3) is 0 Å². The fourth-order valence-electron chi connectivity index (χ4n) is 2.70. The molecule has 0 saturated carbocycles. The van der Waals surface area contributed by atoms with Crippen molar-refractivity contribution < 1.29 is 14.6 Å². The van der Waals surface area contributed by atoms with E-state index in [9.17, 15) is 9.90 Å². The Morgan fingerprint density at radius 2 is 1.59 bits per heavy atom. The monoisotopic (exact) mass is 414 g/mol. The summed E-state index contributed by atoms with van der Waals surface area (Å²) in [6.45, 7) is 3.23. The maximum atomic E-state index is 11.4. The van der Waals surface area contributed by atoms with Gasteiger partial charge in [-0.15, -0.1) is 0 Å². The summed E-state index contributed by atoms with van der Waals surface area (Å²) >= 11 is 0. The number of rotatable bonds is 18. The Hall–Kier alpha value is -0.910. The van der Waals surface area contributed by atoms with E-state index in [1.807, 2.05) is 26.0 Å². The van der Waals surface area contributed by atoms with E-state index in [4.69, 9.17) is 10.5 Å². The molecule has 5 nitrogen and oxygen atoms in total. The summed E-state index contributed by atoms with van der Waals surface area (Å²) in [5.41, 5.74) is 5.35. The first kappa shape index (κ1) is 30.3. The van der Waals surface area contributed by atoms with E-state index >= 15 is 0 Å². The predicted octanol–water partition coefficient (Wildman–Crippen LogP) is 5.06. The molecule has 5 heteroatoms.